The molecule has 3 aromatic rings. The van der Waals surface area contributed by atoms with Crippen molar-refractivity contribution in [3.63, 3.8) is 0 Å². The van der Waals surface area contributed by atoms with E-state index in [0.29, 0.717) is 12.3 Å². The Morgan fingerprint density at radius 1 is 1.10 bits per heavy atom. The summed E-state index contributed by atoms with van der Waals surface area (Å²) in [5.74, 6) is 1.05. The summed E-state index contributed by atoms with van der Waals surface area (Å²) in [6.45, 7) is 6.43. The van der Waals surface area contributed by atoms with Crippen molar-refractivity contribution in [1.82, 2.24) is 4.57 Å². The second-order valence-electron chi connectivity index (χ2n) is 6.94. The number of methoxy groups -OCH3 is 1. The second-order valence-corrected chi connectivity index (χ2v) is 6.94. The van der Waals surface area contributed by atoms with Gasteiger partial charge in [-0.05, 0) is 87.0 Å². The van der Waals surface area contributed by atoms with Gasteiger partial charge in [0.1, 0.15) is 23.1 Å². The van der Waals surface area contributed by atoms with Gasteiger partial charge in [-0.25, -0.2) is 0 Å². The summed E-state index contributed by atoms with van der Waals surface area (Å²) in [7, 11) is 1.63. The molecule has 1 aromatic heterocycles. The zero-order valence-electron chi connectivity index (χ0n) is 18.1. The molecule has 0 aliphatic heterocycles. The predicted octanol–water partition coefficient (Wildman–Crippen LogP) is 5.05. The summed E-state index contributed by atoms with van der Waals surface area (Å²) in [5, 5.41) is 12.3. The molecule has 0 unspecified atom stereocenters. The lowest BCUT2D eigenvalue weighted by Crippen LogP contribution is -2.13. The molecule has 1 N–H and O–H groups in total. The van der Waals surface area contributed by atoms with Crippen molar-refractivity contribution in [2.45, 2.75) is 20.8 Å². The number of ether oxygens (including phenoxy) is 2. The van der Waals surface area contributed by atoms with Gasteiger partial charge in [0.2, 0.25) is 0 Å². The van der Waals surface area contributed by atoms with E-state index < -0.39 is 5.91 Å². The van der Waals surface area contributed by atoms with Gasteiger partial charge in [0.15, 0.2) is 0 Å². The SMILES string of the molecule is CCOc1ccc(NC(=O)C(C#N)=Cc2cc(C)n(-c3ccc(OC)cc3)c2C)cc1. The first kappa shape index (κ1) is 21.7. The maximum atomic E-state index is 12.6. The van der Waals surface area contributed by atoms with Gasteiger partial charge in [-0.3, -0.25) is 4.79 Å². The Labute approximate surface area is 182 Å². The van der Waals surface area contributed by atoms with Crippen molar-refractivity contribution in [1.29, 1.82) is 5.26 Å². The molecule has 0 fully saturated rings. The smallest absolute Gasteiger partial charge is 0.266 e. The van der Waals surface area contributed by atoms with Gasteiger partial charge in [0, 0.05) is 22.8 Å². The Balaban J connectivity index is 1.84. The Kier molecular flexibility index (Phi) is 6.78. The van der Waals surface area contributed by atoms with Gasteiger partial charge in [-0.15, -0.1) is 0 Å². The minimum absolute atomic E-state index is 0.0314. The van der Waals surface area contributed by atoms with Gasteiger partial charge in [-0.2, -0.15) is 5.26 Å². The average Bonchev–Trinajstić information content (AvgIpc) is 3.06. The van der Waals surface area contributed by atoms with Crippen LogP contribution in [0.2, 0.25) is 0 Å². The number of nitriles is 1. The molecular weight excluding hydrogens is 390 g/mol. The fraction of sp³-hybridized carbons (Fsp3) is 0.200. The molecule has 0 radical (unpaired) electrons. The van der Waals surface area contributed by atoms with Crippen LogP contribution < -0.4 is 14.8 Å². The van der Waals surface area contributed by atoms with Gasteiger partial charge >= 0.3 is 0 Å². The zero-order valence-corrected chi connectivity index (χ0v) is 18.1. The van der Waals surface area contributed by atoms with Crippen molar-refractivity contribution in [2.24, 2.45) is 0 Å². The quantitative estimate of drug-likeness (QED) is 0.433. The van der Waals surface area contributed by atoms with E-state index in [1.54, 1.807) is 37.5 Å². The summed E-state index contributed by atoms with van der Waals surface area (Å²) in [5.41, 5.74) is 4.35. The van der Waals surface area contributed by atoms with E-state index in [4.69, 9.17) is 9.47 Å². The number of nitrogens with one attached hydrogen (secondary N) is 1. The highest BCUT2D eigenvalue weighted by molar-refractivity contribution is 6.09. The number of anilines is 1. The van der Waals surface area contributed by atoms with Crippen molar-refractivity contribution in [2.75, 3.05) is 19.0 Å². The first-order valence-corrected chi connectivity index (χ1v) is 9.96. The molecule has 158 valence electrons. The number of benzene rings is 2. The summed E-state index contributed by atoms with van der Waals surface area (Å²) >= 11 is 0. The number of hydrogen-bond acceptors (Lipinski definition) is 4. The molecule has 6 nitrogen and oxygen atoms in total. The highest BCUT2D eigenvalue weighted by atomic mass is 16.5. The van der Waals surface area contributed by atoms with Gasteiger partial charge in [0.25, 0.3) is 5.91 Å². The summed E-state index contributed by atoms with van der Waals surface area (Å²) in [4.78, 5) is 12.6. The highest BCUT2D eigenvalue weighted by Crippen LogP contribution is 2.25. The Bertz CT molecular complexity index is 1130. The number of aryl methyl sites for hydroxylation is 1. The maximum absolute atomic E-state index is 12.6. The van der Waals surface area contributed by atoms with Crippen molar-refractivity contribution in [3.05, 3.63) is 77.1 Å². The van der Waals surface area contributed by atoms with Crippen LogP contribution in [0.15, 0.2) is 60.2 Å². The molecule has 0 saturated heterocycles. The van der Waals surface area contributed by atoms with E-state index in [9.17, 15) is 10.1 Å². The van der Waals surface area contributed by atoms with Crippen LogP contribution in [0.4, 0.5) is 5.69 Å². The molecule has 0 atom stereocenters. The van der Waals surface area contributed by atoms with Crippen LogP contribution in [0.5, 0.6) is 11.5 Å². The number of hydrogen-bond donors (Lipinski definition) is 1. The Hall–Kier alpha value is -3.98. The van der Waals surface area contributed by atoms with Crippen molar-refractivity contribution >= 4 is 17.7 Å². The minimum atomic E-state index is -0.457. The van der Waals surface area contributed by atoms with E-state index >= 15 is 0 Å². The van der Waals surface area contributed by atoms with E-state index in [2.05, 4.69) is 9.88 Å². The third-order valence-electron chi connectivity index (χ3n) is 4.89. The summed E-state index contributed by atoms with van der Waals surface area (Å²) in [6.07, 6.45) is 1.62. The van der Waals surface area contributed by atoms with Gasteiger partial charge < -0.3 is 19.4 Å². The van der Waals surface area contributed by atoms with Crippen molar-refractivity contribution in [3.8, 4) is 23.3 Å². The molecule has 0 aliphatic rings. The molecular formula is C25H25N3O3. The van der Waals surface area contributed by atoms with Gasteiger partial charge in [-0.1, -0.05) is 0 Å². The first-order valence-electron chi connectivity index (χ1n) is 9.96. The third-order valence-corrected chi connectivity index (χ3v) is 4.89. The normalized spacial score (nSPS) is 11.0. The monoisotopic (exact) mass is 415 g/mol. The number of aromatic nitrogens is 1. The summed E-state index contributed by atoms with van der Waals surface area (Å²) in [6, 6.07) is 18.7. The molecule has 2 aromatic carbocycles. The Morgan fingerprint density at radius 2 is 1.74 bits per heavy atom. The fourth-order valence-electron chi connectivity index (χ4n) is 3.37. The van der Waals surface area contributed by atoms with E-state index in [1.165, 1.54) is 0 Å². The molecule has 6 heteroatoms. The number of carbonyl (C=O) groups excluding carboxylic acids is 1. The number of amides is 1. The molecule has 0 spiro atoms. The topological polar surface area (TPSA) is 76.3 Å². The Morgan fingerprint density at radius 3 is 2.32 bits per heavy atom. The lowest BCUT2D eigenvalue weighted by atomic mass is 10.1. The molecule has 3 rings (SSSR count). The molecule has 1 heterocycles. The largest absolute Gasteiger partial charge is 0.497 e. The van der Waals surface area contributed by atoms with E-state index in [0.717, 1.165) is 34.1 Å². The molecule has 0 bridgehead atoms. The van der Waals surface area contributed by atoms with E-state index in [1.807, 2.05) is 57.2 Å². The number of rotatable bonds is 7. The van der Waals surface area contributed by atoms with E-state index in [-0.39, 0.29) is 5.57 Å². The molecule has 31 heavy (non-hydrogen) atoms. The lowest BCUT2D eigenvalue weighted by molar-refractivity contribution is -0.112. The number of carbonyl (C=O) groups is 1. The average molecular weight is 415 g/mol. The third kappa shape index (κ3) is 4.96. The van der Waals surface area contributed by atoms with Crippen LogP contribution >= 0.6 is 0 Å². The van der Waals surface area contributed by atoms with Crippen LogP contribution in [0.1, 0.15) is 23.9 Å². The minimum Gasteiger partial charge on any atom is -0.497 e. The maximum Gasteiger partial charge on any atom is 0.266 e. The molecule has 0 saturated carbocycles. The fourth-order valence-corrected chi connectivity index (χ4v) is 3.37. The highest BCUT2D eigenvalue weighted by Gasteiger charge is 2.14. The van der Waals surface area contributed by atoms with Crippen LogP contribution in [0.25, 0.3) is 11.8 Å². The molecule has 0 aliphatic carbocycles. The second kappa shape index (κ2) is 9.68. The van der Waals surface area contributed by atoms with Crippen molar-refractivity contribution < 1.29 is 14.3 Å². The van der Waals surface area contributed by atoms with Crippen LogP contribution in [0, 0.1) is 25.2 Å². The zero-order chi connectivity index (χ0) is 22.4. The predicted molar refractivity (Wildman–Crippen MR) is 122 cm³/mol. The van der Waals surface area contributed by atoms with Crippen LogP contribution in [-0.2, 0) is 4.79 Å². The number of nitrogens with zero attached hydrogens (tertiary/aromatic N) is 2. The van der Waals surface area contributed by atoms with Crippen LogP contribution in [0.3, 0.4) is 0 Å². The van der Waals surface area contributed by atoms with Gasteiger partial charge in [0.05, 0.1) is 13.7 Å². The first-order chi connectivity index (χ1) is 15.0. The summed E-state index contributed by atoms with van der Waals surface area (Å²) < 4.78 is 12.7. The standard InChI is InChI=1S/C25H25N3O3/c1-5-31-24-10-6-21(7-11-24)27-25(29)20(16-26)15-19-14-17(2)28(18(19)3)22-8-12-23(30-4)13-9-22/h6-15H,5H2,1-4H3,(H,27,29). The lowest BCUT2D eigenvalue weighted by Gasteiger charge is -2.10. The molecule has 1 amide bonds. The van der Waals surface area contributed by atoms with Crippen LogP contribution in [-0.4, -0.2) is 24.2 Å².